The van der Waals surface area contributed by atoms with E-state index in [4.69, 9.17) is 15.4 Å². The van der Waals surface area contributed by atoms with Crippen LogP contribution in [0, 0.1) is 0 Å². The molecule has 1 saturated carbocycles. The molecule has 0 unspecified atom stereocenters. The molecular weight excluding hydrogens is 302 g/mol. The van der Waals surface area contributed by atoms with Gasteiger partial charge in [0.25, 0.3) is 15.0 Å². The molecule has 1 aromatic rings. The van der Waals surface area contributed by atoms with Crippen LogP contribution in [0.4, 0.5) is 0 Å². The summed E-state index contributed by atoms with van der Waals surface area (Å²) in [4.78, 5) is 13.8. The first-order chi connectivity index (χ1) is 9.34. The first-order valence-electron chi connectivity index (χ1n) is 6.18. The first kappa shape index (κ1) is 15.3. The zero-order chi connectivity index (χ0) is 14.9. The Morgan fingerprint density at radius 3 is 2.60 bits per heavy atom. The van der Waals surface area contributed by atoms with Crippen molar-refractivity contribution in [3.8, 4) is 0 Å². The lowest BCUT2D eigenvalue weighted by molar-refractivity contribution is 0.0784. The van der Waals surface area contributed by atoms with Gasteiger partial charge >= 0.3 is 0 Å². The van der Waals surface area contributed by atoms with Gasteiger partial charge in [-0.25, -0.2) is 8.42 Å². The van der Waals surface area contributed by atoms with E-state index >= 15 is 0 Å². The van der Waals surface area contributed by atoms with E-state index in [-0.39, 0.29) is 23.5 Å². The van der Waals surface area contributed by atoms with E-state index in [0.717, 1.165) is 12.8 Å². The van der Waals surface area contributed by atoms with Crippen molar-refractivity contribution in [2.75, 3.05) is 14.2 Å². The molecule has 110 valence electrons. The van der Waals surface area contributed by atoms with Crippen molar-refractivity contribution in [3.05, 3.63) is 29.3 Å². The van der Waals surface area contributed by atoms with Crippen molar-refractivity contribution < 1.29 is 17.9 Å². The number of ether oxygens (including phenoxy) is 1. The van der Waals surface area contributed by atoms with E-state index in [2.05, 4.69) is 0 Å². The number of hydrogen-bond donors (Lipinski definition) is 0. The summed E-state index contributed by atoms with van der Waals surface area (Å²) in [6.45, 7) is 0.119. The second-order valence-electron chi connectivity index (χ2n) is 4.84. The van der Waals surface area contributed by atoms with Crippen molar-refractivity contribution in [1.29, 1.82) is 0 Å². The summed E-state index contributed by atoms with van der Waals surface area (Å²) in [6.07, 6.45) is 1.98. The zero-order valence-corrected chi connectivity index (χ0v) is 12.9. The van der Waals surface area contributed by atoms with Crippen LogP contribution in [0.1, 0.15) is 28.8 Å². The molecule has 0 spiro atoms. The van der Waals surface area contributed by atoms with E-state index in [9.17, 15) is 13.2 Å². The first-order valence-corrected chi connectivity index (χ1v) is 8.49. The van der Waals surface area contributed by atoms with E-state index in [1.807, 2.05) is 0 Å². The molecule has 2 rings (SSSR count). The van der Waals surface area contributed by atoms with Gasteiger partial charge in [0, 0.05) is 36.4 Å². The van der Waals surface area contributed by atoms with E-state index < -0.39 is 9.05 Å². The lowest BCUT2D eigenvalue weighted by Gasteiger charge is -2.17. The van der Waals surface area contributed by atoms with Gasteiger partial charge in [0.05, 0.1) is 11.5 Å². The Hall–Kier alpha value is -1.11. The van der Waals surface area contributed by atoms with Crippen LogP contribution in [0.5, 0.6) is 0 Å². The fourth-order valence-corrected chi connectivity index (χ4v) is 3.16. The van der Waals surface area contributed by atoms with Crippen LogP contribution < -0.4 is 0 Å². The van der Waals surface area contributed by atoms with E-state index in [1.165, 1.54) is 13.2 Å². The molecule has 1 amide bonds. The molecule has 0 aliphatic heterocycles. The summed E-state index contributed by atoms with van der Waals surface area (Å²) in [5, 5.41) is 0. The van der Waals surface area contributed by atoms with Gasteiger partial charge in [-0.2, -0.15) is 0 Å². The molecule has 1 fully saturated rings. The number of methoxy groups -OCH3 is 1. The van der Waals surface area contributed by atoms with Gasteiger partial charge in [-0.15, -0.1) is 0 Å². The molecule has 0 atom stereocenters. The summed E-state index contributed by atoms with van der Waals surface area (Å²) in [5.74, 6) is -0.196. The number of nitrogens with zero attached hydrogens (tertiary/aromatic N) is 1. The number of rotatable bonds is 5. The Morgan fingerprint density at radius 2 is 2.10 bits per heavy atom. The average Bonchev–Trinajstić information content (AvgIpc) is 3.21. The van der Waals surface area contributed by atoms with Crippen LogP contribution in [0.3, 0.4) is 0 Å². The molecular formula is C13H16ClNO4S. The van der Waals surface area contributed by atoms with Crippen LogP contribution in [-0.4, -0.2) is 39.4 Å². The molecule has 0 bridgehead atoms. The summed E-state index contributed by atoms with van der Waals surface area (Å²) in [5.41, 5.74) is 0.756. The maximum absolute atomic E-state index is 12.2. The van der Waals surface area contributed by atoms with Crippen LogP contribution in [0.15, 0.2) is 23.1 Å². The van der Waals surface area contributed by atoms with Gasteiger partial charge in [0.15, 0.2) is 0 Å². The Bertz CT molecular complexity index is 625. The van der Waals surface area contributed by atoms with E-state index in [1.54, 1.807) is 24.1 Å². The van der Waals surface area contributed by atoms with Crippen molar-refractivity contribution in [2.45, 2.75) is 30.4 Å². The minimum absolute atomic E-state index is 0.0731. The molecule has 5 nitrogen and oxygen atoms in total. The Balaban J connectivity index is 2.38. The highest BCUT2D eigenvalue weighted by Crippen LogP contribution is 2.28. The molecule has 7 heteroatoms. The fraction of sp³-hybridized carbons (Fsp3) is 0.462. The number of halogens is 1. The van der Waals surface area contributed by atoms with Crippen molar-refractivity contribution in [1.82, 2.24) is 4.90 Å². The highest BCUT2D eigenvalue weighted by atomic mass is 35.7. The Kier molecular flexibility index (Phi) is 4.36. The van der Waals surface area contributed by atoms with Crippen LogP contribution in [0.25, 0.3) is 0 Å². The van der Waals surface area contributed by atoms with Gasteiger partial charge in [-0.3, -0.25) is 4.79 Å². The smallest absolute Gasteiger partial charge is 0.261 e. The maximum Gasteiger partial charge on any atom is 0.261 e. The third-order valence-corrected chi connectivity index (χ3v) is 4.70. The molecule has 0 radical (unpaired) electrons. The molecule has 1 aliphatic carbocycles. The van der Waals surface area contributed by atoms with Crippen LogP contribution in [-0.2, 0) is 20.4 Å². The summed E-state index contributed by atoms with van der Waals surface area (Å²) >= 11 is 0. The number of benzene rings is 1. The standard InChI is InChI=1S/C13H16ClNO4S/c1-15(11-5-6-11)13(16)9-3-4-10(8-19-2)12(7-9)20(14,17)18/h3-4,7,11H,5-6,8H2,1-2H3. The zero-order valence-electron chi connectivity index (χ0n) is 11.3. The second kappa shape index (κ2) is 5.71. The van der Waals surface area contributed by atoms with Crippen LogP contribution >= 0.6 is 10.7 Å². The number of amides is 1. The summed E-state index contributed by atoms with van der Waals surface area (Å²) < 4.78 is 28.2. The lowest BCUT2D eigenvalue weighted by Crippen LogP contribution is -2.28. The Morgan fingerprint density at radius 1 is 1.45 bits per heavy atom. The Labute approximate surface area is 122 Å². The van der Waals surface area contributed by atoms with Gasteiger partial charge in [-0.05, 0) is 30.5 Å². The van der Waals surface area contributed by atoms with Gasteiger partial charge in [0.2, 0.25) is 0 Å². The molecule has 1 aromatic carbocycles. The van der Waals surface area contributed by atoms with Crippen molar-refractivity contribution in [2.24, 2.45) is 0 Å². The molecule has 1 aliphatic rings. The highest BCUT2D eigenvalue weighted by molar-refractivity contribution is 8.13. The fourth-order valence-electron chi connectivity index (χ4n) is 2.02. The topological polar surface area (TPSA) is 63.7 Å². The van der Waals surface area contributed by atoms with Gasteiger partial charge in [-0.1, -0.05) is 6.07 Å². The quantitative estimate of drug-likeness (QED) is 0.779. The van der Waals surface area contributed by atoms with Gasteiger partial charge < -0.3 is 9.64 Å². The minimum atomic E-state index is -3.92. The lowest BCUT2D eigenvalue weighted by atomic mass is 10.1. The van der Waals surface area contributed by atoms with Crippen molar-refractivity contribution in [3.63, 3.8) is 0 Å². The molecule has 0 aromatic heterocycles. The largest absolute Gasteiger partial charge is 0.380 e. The van der Waals surface area contributed by atoms with Gasteiger partial charge in [0.1, 0.15) is 0 Å². The summed E-state index contributed by atoms with van der Waals surface area (Å²) in [6, 6.07) is 4.74. The average molecular weight is 318 g/mol. The molecule has 0 saturated heterocycles. The van der Waals surface area contributed by atoms with Crippen molar-refractivity contribution >= 4 is 25.6 Å². The number of hydrogen-bond acceptors (Lipinski definition) is 4. The number of carbonyl (C=O) groups excluding carboxylic acids is 1. The molecule has 20 heavy (non-hydrogen) atoms. The summed E-state index contributed by atoms with van der Waals surface area (Å²) in [7, 11) is 4.68. The monoisotopic (exact) mass is 317 g/mol. The normalized spacial score (nSPS) is 15.2. The third kappa shape index (κ3) is 3.31. The predicted molar refractivity (Wildman–Crippen MR) is 75.3 cm³/mol. The molecule has 0 heterocycles. The predicted octanol–water partition coefficient (Wildman–Crippen LogP) is 1.99. The highest BCUT2D eigenvalue weighted by Gasteiger charge is 2.30. The molecule has 0 N–H and O–H groups in total. The third-order valence-electron chi connectivity index (χ3n) is 3.29. The second-order valence-corrected chi connectivity index (χ2v) is 7.37. The SMILES string of the molecule is COCc1ccc(C(=O)N(C)C2CC2)cc1S(=O)(=O)Cl. The van der Waals surface area contributed by atoms with Crippen LogP contribution in [0.2, 0.25) is 0 Å². The van der Waals surface area contributed by atoms with E-state index in [0.29, 0.717) is 11.1 Å². The maximum atomic E-state index is 12.2. The number of carbonyl (C=O) groups is 1. The minimum Gasteiger partial charge on any atom is -0.380 e.